The SMILES string of the molecule is NC(=O)CC(CC(=O)O)c1cc(Cl)ccc1[N+](=O)[O-]. The maximum atomic E-state index is 11.0. The molecular weight excluding hydrogens is 276 g/mol. The van der Waals surface area contributed by atoms with Crippen molar-refractivity contribution in [1.29, 1.82) is 0 Å². The molecular formula is C11H11ClN2O5. The van der Waals surface area contributed by atoms with Crippen molar-refractivity contribution in [2.24, 2.45) is 5.73 Å². The second-order valence-corrected chi connectivity index (χ2v) is 4.36. The van der Waals surface area contributed by atoms with Crippen LogP contribution in [0.1, 0.15) is 24.3 Å². The predicted octanol–water partition coefficient (Wildman–Crippen LogP) is 1.68. The van der Waals surface area contributed by atoms with E-state index in [1.54, 1.807) is 0 Å². The zero-order valence-corrected chi connectivity index (χ0v) is 10.5. The molecule has 0 aliphatic carbocycles. The number of nitrogens with two attached hydrogens (primary N) is 1. The van der Waals surface area contributed by atoms with Gasteiger partial charge in [-0.3, -0.25) is 19.7 Å². The van der Waals surface area contributed by atoms with Crippen LogP contribution in [-0.2, 0) is 9.59 Å². The zero-order chi connectivity index (χ0) is 14.6. The maximum absolute atomic E-state index is 11.0. The molecule has 1 amide bonds. The van der Waals surface area contributed by atoms with Gasteiger partial charge in [0.05, 0.1) is 11.3 Å². The average Bonchev–Trinajstić information content (AvgIpc) is 2.26. The Morgan fingerprint density at radius 2 is 2.05 bits per heavy atom. The summed E-state index contributed by atoms with van der Waals surface area (Å²) in [5.41, 5.74) is 4.85. The minimum atomic E-state index is -1.18. The Balaban J connectivity index is 3.26. The number of carbonyl (C=O) groups is 2. The fraction of sp³-hybridized carbons (Fsp3) is 0.273. The Morgan fingerprint density at radius 1 is 1.42 bits per heavy atom. The van der Waals surface area contributed by atoms with E-state index in [-0.39, 0.29) is 22.7 Å². The summed E-state index contributed by atoms with van der Waals surface area (Å²) in [5.74, 6) is -2.80. The van der Waals surface area contributed by atoms with Crippen LogP contribution in [0.5, 0.6) is 0 Å². The third-order valence-electron chi connectivity index (χ3n) is 2.49. The van der Waals surface area contributed by atoms with E-state index in [2.05, 4.69) is 0 Å². The number of benzene rings is 1. The number of hydrogen-bond acceptors (Lipinski definition) is 4. The van der Waals surface area contributed by atoms with Crippen LogP contribution in [0.25, 0.3) is 0 Å². The number of nitro groups is 1. The minimum absolute atomic E-state index is 0.0960. The number of nitro benzene ring substituents is 1. The fourth-order valence-corrected chi connectivity index (χ4v) is 1.94. The first-order valence-electron chi connectivity index (χ1n) is 5.25. The first kappa shape index (κ1) is 14.9. The van der Waals surface area contributed by atoms with E-state index in [4.69, 9.17) is 22.4 Å². The number of aliphatic carboxylic acids is 1. The Labute approximate surface area is 113 Å². The molecule has 1 rings (SSSR count). The van der Waals surface area contributed by atoms with Gasteiger partial charge in [-0.25, -0.2) is 0 Å². The van der Waals surface area contributed by atoms with Gasteiger partial charge in [0.15, 0.2) is 0 Å². The van der Waals surface area contributed by atoms with Gasteiger partial charge >= 0.3 is 5.97 Å². The number of hydrogen-bond donors (Lipinski definition) is 2. The molecule has 102 valence electrons. The molecule has 7 nitrogen and oxygen atoms in total. The molecule has 0 heterocycles. The Hall–Kier alpha value is -2.15. The molecule has 0 aliphatic rings. The molecule has 8 heteroatoms. The standard InChI is InChI=1S/C11H11ClN2O5/c12-7-1-2-9(14(18)19)8(5-7)6(3-10(13)15)4-11(16)17/h1-2,5-6H,3-4H2,(H2,13,15)(H,16,17). The third-order valence-corrected chi connectivity index (χ3v) is 2.73. The highest BCUT2D eigenvalue weighted by molar-refractivity contribution is 6.30. The highest BCUT2D eigenvalue weighted by Gasteiger charge is 2.26. The first-order valence-corrected chi connectivity index (χ1v) is 5.63. The summed E-state index contributed by atoms with van der Waals surface area (Å²) < 4.78 is 0. The fourth-order valence-electron chi connectivity index (χ4n) is 1.76. The zero-order valence-electron chi connectivity index (χ0n) is 9.71. The molecule has 19 heavy (non-hydrogen) atoms. The van der Waals surface area contributed by atoms with E-state index in [9.17, 15) is 19.7 Å². The van der Waals surface area contributed by atoms with Crippen molar-refractivity contribution >= 4 is 29.2 Å². The van der Waals surface area contributed by atoms with Crippen LogP contribution in [0.15, 0.2) is 18.2 Å². The number of rotatable bonds is 6. The number of carboxylic acid groups (broad SMARTS) is 1. The molecule has 0 spiro atoms. The second-order valence-electron chi connectivity index (χ2n) is 3.93. The molecule has 0 radical (unpaired) electrons. The summed E-state index contributed by atoms with van der Waals surface area (Å²) in [7, 11) is 0. The van der Waals surface area contributed by atoms with Crippen LogP contribution in [0.3, 0.4) is 0 Å². The first-order chi connectivity index (χ1) is 8.81. The number of halogens is 1. The summed E-state index contributed by atoms with van der Waals surface area (Å²) in [5, 5.41) is 19.9. The molecule has 1 aromatic rings. The number of nitrogens with zero attached hydrogens (tertiary/aromatic N) is 1. The van der Waals surface area contributed by atoms with Crippen molar-refractivity contribution < 1.29 is 19.6 Å². The largest absolute Gasteiger partial charge is 0.481 e. The number of carbonyl (C=O) groups excluding carboxylic acids is 1. The van der Waals surface area contributed by atoms with Gasteiger partial charge in [0, 0.05) is 29.0 Å². The van der Waals surface area contributed by atoms with Crippen molar-refractivity contribution in [1.82, 2.24) is 0 Å². The molecule has 3 N–H and O–H groups in total. The third kappa shape index (κ3) is 4.22. The average molecular weight is 287 g/mol. The molecule has 1 unspecified atom stereocenters. The van der Waals surface area contributed by atoms with Gasteiger partial charge in [0.25, 0.3) is 5.69 Å². The van der Waals surface area contributed by atoms with Crippen molar-refractivity contribution in [2.75, 3.05) is 0 Å². The van der Waals surface area contributed by atoms with Gasteiger partial charge in [-0.1, -0.05) is 11.6 Å². The molecule has 0 aliphatic heterocycles. The molecule has 1 atom stereocenters. The van der Waals surface area contributed by atoms with E-state index >= 15 is 0 Å². The smallest absolute Gasteiger partial charge is 0.303 e. The Kier molecular flexibility index (Phi) is 4.82. The summed E-state index contributed by atoms with van der Waals surface area (Å²) in [6, 6.07) is 3.79. The van der Waals surface area contributed by atoms with E-state index in [1.807, 2.05) is 0 Å². The van der Waals surface area contributed by atoms with Crippen molar-refractivity contribution in [3.8, 4) is 0 Å². The molecule has 0 bridgehead atoms. The lowest BCUT2D eigenvalue weighted by Gasteiger charge is -2.14. The summed E-state index contributed by atoms with van der Waals surface area (Å²) in [6.07, 6.45) is -0.738. The van der Waals surface area contributed by atoms with Gasteiger partial charge in [-0.05, 0) is 12.1 Å². The van der Waals surface area contributed by atoms with E-state index < -0.39 is 29.1 Å². The highest BCUT2D eigenvalue weighted by atomic mass is 35.5. The quantitative estimate of drug-likeness (QED) is 0.608. The van der Waals surface area contributed by atoms with Crippen molar-refractivity contribution in [3.05, 3.63) is 38.9 Å². The summed E-state index contributed by atoms with van der Waals surface area (Å²) >= 11 is 5.75. The topological polar surface area (TPSA) is 124 Å². The number of carboxylic acids is 1. The molecule has 1 aromatic carbocycles. The van der Waals surface area contributed by atoms with E-state index in [0.717, 1.165) is 0 Å². The maximum Gasteiger partial charge on any atom is 0.303 e. The van der Waals surface area contributed by atoms with Gasteiger partial charge in [-0.2, -0.15) is 0 Å². The van der Waals surface area contributed by atoms with Gasteiger partial charge in [0.1, 0.15) is 0 Å². The minimum Gasteiger partial charge on any atom is -0.481 e. The second kappa shape index (κ2) is 6.14. The highest BCUT2D eigenvalue weighted by Crippen LogP contribution is 2.33. The lowest BCUT2D eigenvalue weighted by atomic mass is 9.91. The Bertz CT molecular complexity index is 516. The van der Waals surface area contributed by atoms with E-state index in [0.29, 0.717) is 0 Å². The van der Waals surface area contributed by atoms with Crippen LogP contribution < -0.4 is 5.73 Å². The molecule has 0 saturated carbocycles. The van der Waals surface area contributed by atoms with Gasteiger partial charge in [0.2, 0.25) is 5.91 Å². The summed E-state index contributed by atoms with van der Waals surface area (Å²) in [4.78, 5) is 32.0. The van der Waals surface area contributed by atoms with Gasteiger partial charge < -0.3 is 10.8 Å². The lowest BCUT2D eigenvalue weighted by molar-refractivity contribution is -0.385. The van der Waals surface area contributed by atoms with Crippen LogP contribution >= 0.6 is 11.6 Å². The van der Waals surface area contributed by atoms with Crippen LogP contribution in [0.2, 0.25) is 5.02 Å². The monoisotopic (exact) mass is 286 g/mol. The van der Waals surface area contributed by atoms with Crippen LogP contribution in [0, 0.1) is 10.1 Å². The molecule has 0 fully saturated rings. The van der Waals surface area contributed by atoms with E-state index in [1.165, 1.54) is 18.2 Å². The normalized spacial score (nSPS) is 11.8. The Morgan fingerprint density at radius 3 is 2.53 bits per heavy atom. The summed E-state index contributed by atoms with van der Waals surface area (Å²) in [6.45, 7) is 0. The molecule has 0 saturated heterocycles. The number of amides is 1. The van der Waals surface area contributed by atoms with Gasteiger partial charge in [-0.15, -0.1) is 0 Å². The van der Waals surface area contributed by atoms with Crippen LogP contribution in [-0.4, -0.2) is 21.9 Å². The molecule has 0 aromatic heterocycles. The predicted molar refractivity (Wildman–Crippen MR) is 66.9 cm³/mol. The van der Waals surface area contributed by atoms with Crippen molar-refractivity contribution in [2.45, 2.75) is 18.8 Å². The number of primary amides is 1. The van der Waals surface area contributed by atoms with Crippen molar-refractivity contribution in [3.63, 3.8) is 0 Å². The van der Waals surface area contributed by atoms with Crippen LogP contribution in [0.4, 0.5) is 5.69 Å². The lowest BCUT2D eigenvalue weighted by Crippen LogP contribution is -2.18.